The maximum absolute atomic E-state index is 12.9. The average molecular weight is 484 g/mol. The normalized spacial score (nSPS) is 14.8. The first-order chi connectivity index (χ1) is 16.0. The van der Waals surface area contributed by atoms with Crippen LogP contribution in [0.4, 0.5) is 5.69 Å². The van der Waals surface area contributed by atoms with E-state index in [-0.39, 0.29) is 11.5 Å². The molecule has 0 spiro atoms. The molecule has 4 rings (SSSR count). The van der Waals surface area contributed by atoms with Crippen LogP contribution in [0.15, 0.2) is 30.6 Å². The number of anilines is 1. The highest BCUT2D eigenvalue weighted by atomic mass is 32.2. The Hall–Kier alpha value is -2.78. The van der Waals surface area contributed by atoms with Gasteiger partial charge in [0.05, 0.1) is 23.2 Å². The first-order valence-electron chi connectivity index (χ1n) is 11.7. The molecule has 0 aliphatic carbocycles. The quantitative estimate of drug-likeness (QED) is 0.372. The topological polar surface area (TPSA) is 108 Å². The van der Waals surface area contributed by atoms with E-state index < -0.39 is 15.3 Å². The van der Waals surface area contributed by atoms with E-state index in [1.807, 2.05) is 20.8 Å². The fourth-order valence-electron chi connectivity index (χ4n) is 4.18. The number of benzene rings is 1. The molecular weight excluding hydrogens is 450 g/mol. The minimum atomic E-state index is -3.01. The molecule has 1 aliphatic rings. The lowest BCUT2D eigenvalue weighted by Gasteiger charge is -2.20. The Bertz CT molecular complexity index is 1300. The third-order valence-electron chi connectivity index (χ3n) is 6.03. The lowest BCUT2D eigenvalue weighted by atomic mass is 9.87. The number of sulfone groups is 1. The zero-order chi connectivity index (χ0) is 24.5. The molecule has 2 N–H and O–H groups in total. The molecule has 1 aliphatic heterocycles. The maximum atomic E-state index is 12.9. The second-order valence-corrected chi connectivity index (χ2v) is 12.4. The largest absolute Gasteiger partial charge is 0.372 e. The molecule has 0 atom stereocenters. The molecule has 0 unspecified atom stereocenters. The molecule has 1 aromatic carbocycles. The van der Waals surface area contributed by atoms with E-state index in [1.54, 1.807) is 12.4 Å². The molecule has 1 saturated heterocycles. The van der Waals surface area contributed by atoms with Crippen LogP contribution >= 0.6 is 0 Å². The number of hydrogen-bond acceptors (Lipinski definition) is 7. The maximum Gasteiger partial charge on any atom is 0.171 e. The van der Waals surface area contributed by atoms with Gasteiger partial charge in [-0.2, -0.15) is 0 Å². The van der Waals surface area contributed by atoms with E-state index in [2.05, 4.69) is 38.4 Å². The predicted molar refractivity (Wildman–Crippen MR) is 136 cm³/mol. The van der Waals surface area contributed by atoms with Crippen LogP contribution in [-0.4, -0.2) is 60.8 Å². The molecular formula is C25H33N5O3S. The Morgan fingerprint density at radius 2 is 1.91 bits per heavy atom. The van der Waals surface area contributed by atoms with Crippen molar-refractivity contribution in [3.63, 3.8) is 0 Å². The van der Waals surface area contributed by atoms with Crippen molar-refractivity contribution in [1.82, 2.24) is 20.3 Å². The molecule has 3 aromatic rings. The molecule has 3 heterocycles. The van der Waals surface area contributed by atoms with Crippen LogP contribution in [0, 0.1) is 5.41 Å². The number of fused-ring (bicyclic) bond motifs is 1. The van der Waals surface area contributed by atoms with Gasteiger partial charge >= 0.3 is 0 Å². The van der Waals surface area contributed by atoms with Crippen LogP contribution < -0.4 is 10.2 Å². The van der Waals surface area contributed by atoms with Crippen molar-refractivity contribution in [2.45, 2.75) is 40.2 Å². The van der Waals surface area contributed by atoms with Gasteiger partial charge in [-0.25, -0.2) is 18.4 Å². The molecule has 0 saturated carbocycles. The highest BCUT2D eigenvalue weighted by molar-refractivity contribution is 7.90. The number of rotatable bonds is 8. The smallest absolute Gasteiger partial charge is 0.171 e. The van der Waals surface area contributed by atoms with Crippen molar-refractivity contribution >= 4 is 32.5 Å². The van der Waals surface area contributed by atoms with Gasteiger partial charge < -0.3 is 15.2 Å². The van der Waals surface area contributed by atoms with Crippen LogP contribution in [0.25, 0.3) is 22.4 Å². The van der Waals surface area contributed by atoms with E-state index in [0.29, 0.717) is 35.5 Å². The summed E-state index contributed by atoms with van der Waals surface area (Å²) < 4.78 is 22.9. The van der Waals surface area contributed by atoms with E-state index >= 15 is 0 Å². The zero-order valence-electron chi connectivity index (χ0n) is 20.3. The number of nitrogens with one attached hydrogen (secondary N) is 2. The number of ketones is 1. The molecule has 182 valence electrons. The molecule has 34 heavy (non-hydrogen) atoms. The summed E-state index contributed by atoms with van der Waals surface area (Å²) in [5.41, 5.74) is 5.00. The van der Waals surface area contributed by atoms with Gasteiger partial charge in [-0.3, -0.25) is 4.79 Å². The van der Waals surface area contributed by atoms with Gasteiger partial charge in [-0.15, -0.1) is 0 Å². The molecule has 9 heteroatoms. The fraction of sp³-hybridized carbons (Fsp3) is 0.480. The van der Waals surface area contributed by atoms with Crippen LogP contribution in [0.1, 0.15) is 49.5 Å². The van der Waals surface area contributed by atoms with Crippen molar-refractivity contribution in [2.24, 2.45) is 5.41 Å². The van der Waals surface area contributed by atoms with Gasteiger partial charge in [-0.1, -0.05) is 20.8 Å². The Morgan fingerprint density at radius 3 is 2.59 bits per heavy atom. The number of carbonyl (C=O) groups excluding carboxylic acids is 1. The molecule has 8 nitrogen and oxygen atoms in total. The van der Waals surface area contributed by atoms with Crippen molar-refractivity contribution in [3.05, 3.63) is 41.7 Å². The molecule has 1 fully saturated rings. The summed E-state index contributed by atoms with van der Waals surface area (Å²) in [5.74, 6) is 0.123. The van der Waals surface area contributed by atoms with Gasteiger partial charge in [0, 0.05) is 55.3 Å². The summed E-state index contributed by atoms with van der Waals surface area (Å²) in [7, 11) is -3.01. The van der Waals surface area contributed by atoms with Crippen LogP contribution in [0.5, 0.6) is 0 Å². The molecule has 0 radical (unpaired) electrons. The Balaban J connectivity index is 1.69. The van der Waals surface area contributed by atoms with Crippen molar-refractivity contribution in [3.8, 4) is 11.3 Å². The first-order valence-corrected chi connectivity index (χ1v) is 13.7. The summed E-state index contributed by atoms with van der Waals surface area (Å²) in [6, 6.07) is 6.33. The summed E-state index contributed by atoms with van der Waals surface area (Å²) in [6.45, 7) is 8.66. The predicted octanol–water partition coefficient (Wildman–Crippen LogP) is 3.59. The number of carbonyl (C=O) groups is 1. The lowest BCUT2D eigenvalue weighted by Crippen LogP contribution is -2.22. The Labute approximate surface area is 201 Å². The highest BCUT2D eigenvalue weighted by Crippen LogP contribution is 2.30. The van der Waals surface area contributed by atoms with Gasteiger partial charge in [0.15, 0.2) is 11.4 Å². The summed E-state index contributed by atoms with van der Waals surface area (Å²) in [6.07, 6.45) is 7.00. The zero-order valence-corrected chi connectivity index (χ0v) is 21.1. The van der Waals surface area contributed by atoms with Crippen molar-refractivity contribution < 1.29 is 13.2 Å². The minimum Gasteiger partial charge on any atom is -0.372 e. The van der Waals surface area contributed by atoms with E-state index in [9.17, 15) is 13.2 Å². The lowest BCUT2D eigenvalue weighted by molar-refractivity contribution is 0.0860. The first kappa shape index (κ1) is 24.3. The number of hydrogen-bond donors (Lipinski definition) is 2. The number of nitrogens with zero attached hydrogens (tertiary/aromatic N) is 3. The molecule has 0 bridgehead atoms. The van der Waals surface area contributed by atoms with Crippen molar-refractivity contribution in [2.75, 3.05) is 36.5 Å². The standard InChI is InChI=1S/C25H33N5O3S/c1-25(2,3)23(31)20-15-27-24-22(20)29-21(16-28-24)18-11-17(14-26-7-10-34(4,32)33)12-19(13-18)30-8-5-6-9-30/h11-13,15-16,26H,5-10,14H2,1-4H3,(H,27,28). The van der Waals surface area contributed by atoms with Gasteiger partial charge in [0.2, 0.25) is 0 Å². The fourth-order valence-corrected chi connectivity index (χ4v) is 4.69. The number of aromatic amines is 1. The van der Waals surface area contributed by atoms with Gasteiger partial charge in [-0.05, 0) is 36.6 Å². The van der Waals surface area contributed by atoms with Crippen LogP contribution in [-0.2, 0) is 16.4 Å². The third kappa shape index (κ3) is 5.64. The van der Waals surface area contributed by atoms with Gasteiger partial charge in [0.25, 0.3) is 0 Å². The third-order valence-corrected chi connectivity index (χ3v) is 6.98. The van der Waals surface area contributed by atoms with Crippen molar-refractivity contribution in [1.29, 1.82) is 0 Å². The second-order valence-electron chi connectivity index (χ2n) is 10.1. The summed E-state index contributed by atoms with van der Waals surface area (Å²) >= 11 is 0. The SMILES string of the molecule is CC(C)(C)C(=O)c1c[nH]c2ncc(-c3cc(CNCCS(C)(=O)=O)cc(N4CCCC4)c3)nc12. The number of aromatic nitrogens is 3. The highest BCUT2D eigenvalue weighted by Gasteiger charge is 2.26. The Kier molecular flexibility index (Phi) is 6.78. The monoisotopic (exact) mass is 483 g/mol. The van der Waals surface area contributed by atoms with E-state index in [1.165, 1.54) is 19.1 Å². The molecule has 2 aromatic heterocycles. The van der Waals surface area contributed by atoms with E-state index in [0.717, 1.165) is 29.9 Å². The van der Waals surface area contributed by atoms with Crippen LogP contribution in [0.3, 0.4) is 0 Å². The Morgan fingerprint density at radius 1 is 1.18 bits per heavy atom. The van der Waals surface area contributed by atoms with Gasteiger partial charge in [0.1, 0.15) is 15.4 Å². The van der Waals surface area contributed by atoms with E-state index in [4.69, 9.17) is 4.98 Å². The minimum absolute atomic E-state index is 0.0202. The molecule has 0 amide bonds. The summed E-state index contributed by atoms with van der Waals surface area (Å²) in [5, 5.41) is 3.24. The number of H-pyrrole nitrogens is 1. The summed E-state index contributed by atoms with van der Waals surface area (Å²) in [4.78, 5) is 27.8. The van der Waals surface area contributed by atoms with Crippen LogP contribution in [0.2, 0.25) is 0 Å². The average Bonchev–Trinajstić information content (AvgIpc) is 3.44. The second kappa shape index (κ2) is 9.46. The number of Topliss-reactive ketones (excluding diaryl/α,β-unsaturated/α-hetero) is 1.